The number of fused-ring (bicyclic) bond motifs is 1. The standard InChI is InChI=1S/C14H13F2N3O2/c1-19-13-11(7-17-19)10(6-12(20)18-13)8-3-2-4-9(5-8)21-14(15)16/h2-5,7,10,14H,6H2,1H3,(H,18,20)/t10-/m0/s1. The second-order valence-electron chi connectivity index (χ2n) is 4.83. The molecule has 1 atom stereocenters. The average Bonchev–Trinajstić information content (AvgIpc) is 2.79. The molecule has 0 aliphatic carbocycles. The van der Waals surface area contributed by atoms with Crippen molar-refractivity contribution in [1.82, 2.24) is 9.78 Å². The molecule has 1 aliphatic heterocycles. The van der Waals surface area contributed by atoms with Gasteiger partial charge in [0.05, 0.1) is 6.20 Å². The number of anilines is 1. The number of carbonyl (C=O) groups excluding carboxylic acids is 1. The molecule has 0 spiro atoms. The van der Waals surface area contributed by atoms with Crippen LogP contribution in [0.5, 0.6) is 5.75 Å². The Labute approximate surface area is 119 Å². The minimum absolute atomic E-state index is 0.0823. The fourth-order valence-electron chi connectivity index (χ4n) is 2.55. The second kappa shape index (κ2) is 5.16. The van der Waals surface area contributed by atoms with Gasteiger partial charge in [-0.15, -0.1) is 0 Å². The third-order valence-electron chi connectivity index (χ3n) is 3.48. The summed E-state index contributed by atoms with van der Waals surface area (Å²) in [7, 11) is 1.73. The number of rotatable bonds is 3. The van der Waals surface area contributed by atoms with Gasteiger partial charge in [0.25, 0.3) is 0 Å². The number of alkyl halides is 2. The Kier molecular flexibility index (Phi) is 3.32. The summed E-state index contributed by atoms with van der Waals surface area (Å²) in [5.74, 6) is 0.371. The van der Waals surface area contributed by atoms with E-state index in [-0.39, 0.29) is 24.0 Å². The SMILES string of the molecule is Cn1ncc2c1NC(=O)C[C@H]2c1cccc(OC(F)F)c1. The highest BCUT2D eigenvalue weighted by Crippen LogP contribution is 2.37. The van der Waals surface area contributed by atoms with Crippen molar-refractivity contribution >= 4 is 11.7 Å². The molecule has 1 aromatic carbocycles. The molecule has 5 nitrogen and oxygen atoms in total. The fraction of sp³-hybridized carbons (Fsp3) is 0.286. The predicted octanol–water partition coefficient (Wildman–Crippen LogP) is 2.50. The number of benzene rings is 1. The van der Waals surface area contributed by atoms with Crippen LogP contribution in [-0.4, -0.2) is 22.3 Å². The lowest BCUT2D eigenvalue weighted by Gasteiger charge is -2.23. The molecule has 21 heavy (non-hydrogen) atoms. The van der Waals surface area contributed by atoms with Crippen LogP contribution in [0.15, 0.2) is 30.5 Å². The van der Waals surface area contributed by atoms with Gasteiger partial charge in [-0.2, -0.15) is 13.9 Å². The lowest BCUT2D eigenvalue weighted by molar-refractivity contribution is -0.116. The van der Waals surface area contributed by atoms with E-state index in [2.05, 4.69) is 15.2 Å². The number of nitrogens with zero attached hydrogens (tertiary/aromatic N) is 2. The van der Waals surface area contributed by atoms with Crippen LogP contribution in [0.3, 0.4) is 0 Å². The van der Waals surface area contributed by atoms with Crippen molar-refractivity contribution in [3.8, 4) is 5.75 Å². The van der Waals surface area contributed by atoms with E-state index in [1.807, 2.05) is 0 Å². The van der Waals surface area contributed by atoms with Gasteiger partial charge < -0.3 is 10.1 Å². The minimum Gasteiger partial charge on any atom is -0.435 e. The lowest BCUT2D eigenvalue weighted by atomic mass is 9.87. The summed E-state index contributed by atoms with van der Waals surface area (Å²) in [6, 6.07) is 6.42. The maximum Gasteiger partial charge on any atom is 0.387 e. The molecule has 110 valence electrons. The first kappa shape index (κ1) is 13.5. The van der Waals surface area contributed by atoms with E-state index in [0.29, 0.717) is 5.82 Å². The summed E-state index contributed by atoms with van der Waals surface area (Å²) in [6.07, 6.45) is 1.93. The Hall–Kier alpha value is -2.44. The second-order valence-corrected chi connectivity index (χ2v) is 4.83. The third kappa shape index (κ3) is 2.58. The Balaban J connectivity index is 1.98. The van der Waals surface area contributed by atoms with Crippen LogP contribution < -0.4 is 10.1 Å². The fourth-order valence-corrected chi connectivity index (χ4v) is 2.55. The van der Waals surface area contributed by atoms with E-state index in [1.54, 1.807) is 30.1 Å². The molecule has 0 radical (unpaired) electrons. The van der Waals surface area contributed by atoms with Crippen molar-refractivity contribution < 1.29 is 18.3 Å². The minimum atomic E-state index is -2.87. The maximum atomic E-state index is 12.3. The smallest absolute Gasteiger partial charge is 0.387 e. The first-order valence-electron chi connectivity index (χ1n) is 6.41. The van der Waals surface area contributed by atoms with E-state index >= 15 is 0 Å². The number of aryl methyl sites for hydroxylation is 1. The predicted molar refractivity (Wildman–Crippen MR) is 71.4 cm³/mol. The molecular weight excluding hydrogens is 280 g/mol. The first-order chi connectivity index (χ1) is 10.0. The number of halogens is 2. The summed E-state index contributed by atoms with van der Waals surface area (Å²) in [6.45, 7) is -2.87. The zero-order chi connectivity index (χ0) is 15.0. The number of amides is 1. The van der Waals surface area contributed by atoms with E-state index in [4.69, 9.17) is 0 Å². The van der Waals surface area contributed by atoms with Crippen LogP contribution in [0.4, 0.5) is 14.6 Å². The Morgan fingerprint density at radius 3 is 3.05 bits per heavy atom. The topological polar surface area (TPSA) is 56.2 Å². The molecule has 0 fully saturated rings. The molecule has 2 heterocycles. The van der Waals surface area contributed by atoms with Gasteiger partial charge in [0.1, 0.15) is 11.6 Å². The summed E-state index contributed by atoms with van der Waals surface area (Å²) in [4.78, 5) is 11.8. The number of carbonyl (C=O) groups is 1. The summed E-state index contributed by atoms with van der Waals surface area (Å²) >= 11 is 0. The molecule has 7 heteroatoms. The van der Waals surface area contributed by atoms with Crippen molar-refractivity contribution in [2.45, 2.75) is 19.0 Å². The molecule has 3 rings (SSSR count). The van der Waals surface area contributed by atoms with Crippen LogP contribution in [0.25, 0.3) is 0 Å². The Morgan fingerprint density at radius 1 is 1.48 bits per heavy atom. The molecule has 0 saturated carbocycles. The monoisotopic (exact) mass is 293 g/mol. The molecule has 1 aromatic heterocycles. The highest BCUT2D eigenvalue weighted by atomic mass is 19.3. The molecule has 0 saturated heterocycles. The van der Waals surface area contributed by atoms with Crippen molar-refractivity contribution in [2.75, 3.05) is 5.32 Å². The van der Waals surface area contributed by atoms with Crippen molar-refractivity contribution in [2.24, 2.45) is 7.05 Å². The van der Waals surface area contributed by atoms with Crippen LogP contribution in [0.2, 0.25) is 0 Å². The molecule has 0 unspecified atom stereocenters. The van der Waals surface area contributed by atoms with Gasteiger partial charge in [0, 0.05) is 24.9 Å². The number of ether oxygens (including phenoxy) is 1. The van der Waals surface area contributed by atoms with E-state index < -0.39 is 6.61 Å². The average molecular weight is 293 g/mol. The van der Waals surface area contributed by atoms with Crippen LogP contribution in [0.1, 0.15) is 23.5 Å². The normalized spacial score (nSPS) is 17.5. The highest BCUT2D eigenvalue weighted by Gasteiger charge is 2.29. The molecule has 1 N–H and O–H groups in total. The van der Waals surface area contributed by atoms with Gasteiger partial charge in [0.15, 0.2) is 0 Å². The third-order valence-corrected chi connectivity index (χ3v) is 3.48. The van der Waals surface area contributed by atoms with E-state index in [9.17, 15) is 13.6 Å². The molecule has 1 aliphatic rings. The van der Waals surface area contributed by atoms with Crippen molar-refractivity contribution in [3.05, 3.63) is 41.6 Å². The van der Waals surface area contributed by atoms with Crippen LogP contribution in [-0.2, 0) is 11.8 Å². The molecule has 1 amide bonds. The van der Waals surface area contributed by atoms with E-state index in [1.165, 1.54) is 12.1 Å². The number of nitrogens with one attached hydrogen (secondary N) is 1. The number of hydrogen-bond donors (Lipinski definition) is 1. The Morgan fingerprint density at radius 2 is 2.29 bits per heavy atom. The zero-order valence-electron chi connectivity index (χ0n) is 11.2. The summed E-state index contributed by atoms with van der Waals surface area (Å²) < 4.78 is 30.6. The quantitative estimate of drug-likeness (QED) is 0.946. The number of aromatic nitrogens is 2. The van der Waals surface area contributed by atoms with Gasteiger partial charge >= 0.3 is 6.61 Å². The van der Waals surface area contributed by atoms with Gasteiger partial charge in [-0.05, 0) is 17.7 Å². The highest BCUT2D eigenvalue weighted by molar-refractivity contribution is 5.94. The maximum absolute atomic E-state index is 12.3. The van der Waals surface area contributed by atoms with E-state index in [0.717, 1.165) is 11.1 Å². The molecule has 0 bridgehead atoms. The number of hydrogen-bond acceptors (Lipinski definition) is 3. The summed E-state index contributed by atoms with van der Waals surface area (Å²) in [5, 5.41) is 6.89. The zero-order valence-corrected chi connectivity index (χ0v) is 11.2. The first-order valence-corrected chi connectivity index (χ1v) is 6.41. The van der Waals surface area contributed by atoms with Crippen LogP contribution >= 0.6 is 0 Å². The van der Waals surface area contributed by atoms with Gasteiger partial charge in [0.2, 0.25) is 5.91 Å². The largest absolute Gasteiger partial charge is 0.435 e. The van der Waals surface area contributed by atoms with Crippen molar-refractivity contribution in [3.63, 3.8) is 0 Å². The van der Waals surface area contributed by atoms with Crippen LogP contribution in [0, 0.1) is 0 Å². The summed E-state index contributed by atoms with van der Waals surface area (Å²) in [5.41, 5.74) is 1.61. The van der Waals surface area contributed by atoms with Gasteiger partial charge in [-0.25, -0.2) is 0 Å². The Bertz CT molecular complexity index is 685. The molecular formula is C14H13F2N3O2. The van der Waals surface area contributed by atoms with Gasteiger partial charge in [-0.1, -0.05) is 12.1 Å². The van der Waals surface area contributed by atoms with Gasteiger partial charge in [-0.3, -0.25) is 9.48 Å². The molecule has 2 aromatic rings. The lowest BCUT2D eigenvalue weighted by Crippen LogP contribution is -2.24. The van der Waals surface area contributed by atoms with Crippen molar-refractivity contribution in [1.29, 1.82) is 0 Å².